The summed E-state index contributed by atoms with van der Waals surface area (Å²) in [6.45, 7) is 7.29. The molecule has 3 aromatic rings. The first-order valence-electron chi connectivity index (χ1n) is 11.0. The van der Waals surface area contributed by atoms with Crippen molar-refractivity contribution in [3.05, 3.63) is 65.5 Å². The summed E-state index contributed by atoms with van der Waals surface area (Å²) in [7, 11) is 0. The number of imidazole rings is 1. The van der Waals surface area contributed by atoms with Crippen LogP contribution in [0.15, 0.2) is 48.5 Å². The number of rotatable bonds is 5. The van der Waals surface area contributed by atoms with Crippen molar-refractivity contribution < 1.29 is 9.59 Å². The Hall–Kier alpha value is -3.15. The molecule has 2 amide bonds. The molecule has 6 heteroatoms. The molecular formula is C25H30N4O2. The summed E-state index contributed by atoms with van der Waals surface area (Å²) >= 11 is 0. The lowest BCUT2D eigenvalue weighted by atomic mass is 9.95. The number of nitrogens with one attached hydrogen (secondary N) is 2. The molecule has 2 N–H and O–H groups in total. The molecule has 1 aromatic heterocycles. The fourth-order valence-electron chi connectivity index (χ4n) is 4.20. The third-order valence-corrected chi connectivity index (χ3v) is 6.04. The molecule has 1 saturated heterocycles. The molecule has 0 radical (unpaired) electrons. The van der Waals surface area contributed by atoms with Crippen LogP contribution in [0.25, 0.3) is 11.0 Å². The normalized spacial score (nSPS) is 17.7. The minimum absolute atomic E-state index is 0.00445. The summed E-state index contributed by atoms with van der Waals surface area (Å²) in [5.41, 5.74) is 3.65. The number of carbonyl (C=O) groups excluding carboxylic acids is 2. The van der Waals surface area contributed by atoms with Crippen LogP contribution in [-0.2, 0) is 4.79 Å². The van der Waals surface area contributed by atoms with E-state index in [-0.39, 0.29) is 29.7 Å². The van der Waals surface area contributed by atoms with Crippen LogP contribution in [0.5, 0.6) is 0 Å². The van der Waals surface area contributed by atoms with Crippen molar-refractivity contribution in [2.24, 2.45) is 11.8 Å². The number of para-hydroxylation sites is 2. The quantitative estimate of drug-likeness (QED) is 0.651. The molecule has 2 unspecified atom stereocenters. The molecule has 162 valence electrons. The number of amides is 2. The van der Waals surface area contributed by atoms with Gasteiger partial charge in [-0.2, -0.15) is 0 Å². The van der Waals surface area contributed by atoms with Gasteiger partial charge in [0.25, 0.3) is 5.91 Å². The lowest BCUT2D eigenvalue weighted by Gasteiger charge is -2.33. The van der Waals surface area contributed by atoms with Crippen molar-refractivity contribution in [2.75, 3.05) is 13.1 Å². The van der Waals surface area contributed by atoms with E-state index in [9.17, 15) is 9.59 Å². The summed E-state index contributed by atoms with van der Waals surface area (Å²) in [4.78, 5) is 35.9. The van der Waals surface area contributed by atoms with E-state index in [0.717, 1.165) is 35.3 Å². The molecule has 0 saturated carbocycles. The standard InChI is InChI=1S/C25H30N4O2/c1-16(2)22(23-26-20-8-4-5-9-21(20)27-23)28-24(30)19-7-6-14-29(15-19)25(31)18-12-10-17(3)11-13-18/h4-5,8-13,16,19,22H,6-7,14-15H2,1-3H3,(H,26,27)(H,28,30). The highest BCUT2D eigenvalue weighted by molar-refractivity contribution is 5.94. The lowest BCUT2D eigenvalue weighted by molar-refractivity contribution is -0.127. The largest absolute Gasteiger partial charge is 0.346 e. The van der Waals surface area contributed by atoms with Gasteiger partial charge in [0.2, 0.25) is 5.91 Å². The molecule has 0 aliphatic carbocycles. The Labute approximate surface area is 183 Å². The molecular weight excluding hydrogens is 388 g/mol. The van der Waals surface area contributed by atoms with Crippen LogP contribution in [0.4, 0.5) is 0 Å². The van der Waals surface area contributed by atoms with E-state index >= 15 is 0 Å². The average Bonchev–Trinajstić information content (AvgIpc) is 3.21. The van der Waals surface area contributed by atoms with Gasteiger partial charge in [-0.05, 0) is 49.9 Å². The topological polar surface area (TPSA) is 78.1 Å². The monoisotopic (exact) mass is 418 g/mol. The fraction of sp³-hybridized carbons (Fsp3) is 0.400. The van der Waals surface area contributed by atoms with Crippen molar-refractivity contribution in [3.63, 3.8) is 0 Å². The number of carbonyl (C=O) groups is 2. The van der Waals surface area contributed by atoms with E-state index in [2.05, 4.69) is 29.1 Å². The molecule has 1 fully saturated rings. The molecule has 1 aliphatic rings. The number of benzene rings is 2. The Morgan fingerprint density at radius 3 is 2.58 bits per heavy atom. The molecule has 0 bridgehead atoms. The molecule has 2 atom stereocenters. The summed E-state index contributed by atoms with van der Waals surface area (Å²) in [6, 6.07) is 15.3. The van der Waals surface area contributed by atoms with Gasteiger partial charge in [-0.25, -0.2) is 4.98 Å². The van der Waals surface area contributed by atoms with Gasteiger partial charge in [0.1, 0.15) is 5.82 Å². The Bertz CT molecular complexity index is 1040. The van der Waals surface area contributed by atoms with Gasteiger partial charge < -0.3 is 15.2 Å². The lowest BCUT2D eigenvalue weighted by Crippen LogP contribution is -2.46. The zero-order chi connectivity index (χ0) is 22.0. The molecule has 1 aliphatic heterocycles. The number of nitrogens with zero attached hydrogens (tertiary/aromatic N) is 2. The summed E-state index contributed by atoms with van der Waals surface area (Å²) in [6.07, 6.45) is 1.61. The number of piperidine rings is 1. The maximum Gasteiger partial charge on any atom is 0.253 e. The third kappa shape index (κ3) is 4.63. The van der Waals surface area contributed by atoms with E-state index in [0.29, 0.717) is 18.7 Å². The van der Waals surface area contributed by atoms with Crippen LogP contribution in [0.3, 0.4) is 0 Å². The Morgan fingerprint density at radius 2 is 1.87 bits per heavy atom. The smallest absolute Gasteiger partial charge is 0.253 e. The SMILES string of the molecule is Cc1ccc(C(=O)N2CCCC(C(=O)NC(c3nc4ccccc4[nH]3)C(C)C)C2)cc1. The van der Waals surface area contributed by atoms with Gasteiger partial charge in [0, 0.05) is 18.7 Å². The number of fused-ring (bicyclic) bond motifs is 1. The second-order valence-electron chi connectivity index (χ2n) is 8.83. The maximum atomic E-state index is 13.2. The van der Waals surface area contributed by atoms with Gasteiger partial charge in [-0.1, -0.05) is 43.7 Å². The molecule has 2 heterocycles. The van der Waals surface area contributed by atoms with Crippen molar-refractivity contribution >= 4 is 22.8 Å². The van der Waals surface area contributed by atoms with Crippen molar-refractivity contribution in [1.82, 2.24) is 20.2 Å². The zero-order valence-electron chi connectivity index (χ0n) is 18.4. The van der Waals surface area contributed by atoms with Crippen molar-refractivity contribution in [1.29, 1.82) is 0 Å². The van der Waals surface area contributed by atoms with Crippen molar-refractivity contribution in [2.45, 2.75) is 39.7 Å². The number of aromatic nitrogens is 2. The highest BCUT2D eigenvalue weighted by atomic mass is 16.2. The van der Waals surface area contributed by atoms with E-state index in [4.69, 9.17) is 0 Å². The van der Waals surface area contributed by atoms with Crippen LogP contribution in [0.2, 0.25) is 0 Å². The van der Waals surface area contributed by atoms with Crippen LogP contribution in [0, 0.1) is 18.8 Å². The Balaban J connectivity index is 1.46. The van der Waals surface area contributed by atoms with E-state index < -0.39 is 0 Å². The number of likely N-dealkylation sites (tertiary alicyclic amines) is 1. The second kappa shape index (κ2) is 8.92. The molecule has 6 nitrogen and oxygen atoms in total. The van der Waals surface area contributed by atoms with Gasteiger partial charge in [0.15, 0.2) is 0 Å². The molecule has 4 rings (SSSR count). The van der Waals surface area contributed by atoms with E-state index in [1.807, 2.05) is 60.4 Å². The number of aryl methyl sites for hydroxylation is 1. The highest BCUT2D eigenvalue weighted by Crippen LogP contribution is 2.25. The predicted octanol–water partition coefficient (Wildman–Crippen LogP) is 4.24. The first-order valence-corrected chi connectivity index (χ1v) is 11.0. The fourth-order valence-corrected chi connectivity index (χ4v) is 4.20. The van der Waals surface area contributed by atoms with Crippen LogP contribution in [0.1, 0.15) is 54.5 Å². The molecule has 31 heavy (non-hydrogen) atoms. The van der Waals surface area contributed by atoms with Crippen LogP contribution < -0.4 is 5.32 Å². The second-order valence-corrected chi connectivity index (χ2v) is 8.83. The summed E-state index contributed by atoms with van der Waals surface area (Å²) < 4.78 is 0. The van der Waals surface area contributed by atoms with Gasteiger partial charge in [-0.15, -0.1) is 0 Å². The average molecular weight is 419 g/mol. The summed E-state index contributed by atoms with van der Waals surface area (Å²) in [5, 5.41) is 3.20. The van der Waals surface area contributed by atoms with E-state index in [1.54, 1.807) is 0 Å². The first-order chi connectivity index (χ1) is 14.9. The minimum Gasteiger partial charge on any atom is -0.346 e. The van der Waals surface area contributed by atoms with Crippen molar-refractivity contribution in [3.8, 4) is 0 Å². The third-order valence-electron chi connectivity index (χ3n) is 6.04. The Kier molecular flexibility index (Phi) is 6.07. The molecule has 2 aromatic carbocycles. The van der Waals surface area contributed by atoms with E-state index in [1.165, 1.54) is 0 Å². The van der Waals surface area contributed by atoms with Gasteiger partial charge in [0.05, 0.1) is 23.0 Å². The number of aromatic amines is 1. The number of H-pyrrole nitrogens is 1. The predicted molar refractivity (Wildman–Crippen MR) is 122 cm³/mol. The Morgan fingerprint density at radius 1 is 1.13 bits per heavy atom. The number of hydrogen-bond acceptors (Lipinski definition) is 3. The summed E-state index contributed by atoms with van der Waals surface area (Å²) in [5.74, 6) is 0.718. The highest BCUT2D eigenvalue weighted by Gasteiger charge is 2.31. The maximum absolute atomic E-state index is 13.2. The van der Waals surface area contributed by atoms with Gasteiger partial charge >= 0.3 is 0 Å². The zero-order valence-corrected chi connectivity index (χ0v) is 18.4. The van der Waals surface area contributed by atoms with Crippen LogP contribution >= 0.6 is 0 Å². The first kappa shape index (κ1) is 21.1. The molecule has 0 spiro atoms. The minimum atomic E-state index is -0.214. The van der Waals surface area contributed by atoms with Crippen LogP contribution in [-0.4, -0.2) is 39.8 Å². The van der Waals surface area contributed by atoms with Gasteiger partial charge in [-0.3, -0.25) is 9.59 Å². The number of hydrogen-bond donors (Lipinski definition) is 2.